The van der Waals surface area contributed by atoms with E-state index in [1.54, 1.807) is 14.2 Å². The third kappa shape index (κ3) is 4.53. The summed E-state index contributed by atoms with van der Waals surface area (Å²) in [5.41, 5.74) is 7.07. The molecule has 5 nitrogen and oxygen atoms in total. The Bertz CT molecular complexity index is 549. The van der Waals surface area contributed by atoms with E-state index < -0.39 is 0 Å². The van der Waals surface area contributed by atoms with Crippen molar-refractivity contribution in [2.45, 2.75) is 39.5 Å². The molecule has 0 atom stereocenters. The van der Waals surface area contributed by atoms with Crippen molar-refractivity contribution in [2.24, 2.45) is 22.1 Å². The lowest BCUT2D eigenvalue weighted by atomic mass is 9.78. The van der Waals surface area contributed by atoms with Crippen LogP contribution in [0.5, 0.6) is 11.5 Å². The van der Waals surface area contributed by atoms with Crippen molar-refractivity contribution in [3.05, 3.63) is 18.2 Å². The number of hydrogen-bond acceptors (Lipinski definition) is 3. The first-order chi connectivity index (χ1) is 11.0. The van der Waals surface area contributed by atoms with Crippen LogP contribution in [0.3, 0.4) is 0 Å². The molecule has 0 saturated heterocycles. The summed E-state index contributed by atoms with van der Waals surface area (Å²) in [6.07, 6.45) is 5.31. The van der Waals surface area contributed by atoms with Gasteiger partial charge in [-0.15, -0.1) is 0 Å². The molecule has 0 bridgehead atoms. The molecule has 0 radical (unpaired) electrons. The molecule has 5 heteroatoms. The lowest BCUT2D eigenvalue weighted by Gasteiger charge is -2.30. The largest absolute Gasteiger partial charge is 0.493 e. The minimum atomic E-state index is 0.195. The molecule has 0 heterocycles. The van der Waals surface area contributed by atoms with Gasteiger partial charge in [0.1, 0.15) is 0 Å². The number of nitrogens with zero attached hydrogens (tertiary/aromatic N) is 1. The molecule has 1 aromatic rings. The Hall–Kier alpha value is -1.91. The van der Waals surface area contributed by atoms with Crippen LogP contribution in [-0.2, 0) is 0 Å². The van der Waals surface area contributed by atoms with Gasteiger partial charge >= 0.3 is 0 Å². The molecule has 1 aliphatic rings. The zero-order valence-corrected chi connectivity index (χ0v) is 14.7. The normalized spacial score (nSPS) is 16.4. The van der Waals surface area contributed by atoms with Gasteiger partial charge in [0, 0.05) is 18.3 Å². The Morgan fingerprint density at radius 3 is 2.48 bits per heavy atom. The van der Waals surface area contributed by atoms with Crippen LogP contribution in [0.15, 0.2) is 23.2 Å². The number of ether oxygens (including phenoxy) is 2. The second-order valence-corrected chi connectivity index (χ2v) is 6.87. The van der Waals surface area contributed by atoms with Crippen LogP contribution in [0.2, 0.25) is 0 Å². The van der Waals surface area contributed by atoms with Crippen LogP contribution in [-0.4, -0.2) is 26.7 Å². The molecule has 0 aromatic heterocycles. The monoisotopic (exact) mass is 319 g/mol. The minimum Gasteiger partial charge on any atom is -0.493 e. The van der Waals surface area contributed by atoms with E-state index in [1.165, 1.54) is 25.7 Å². The summed E-state index contributed by atoms with van der Waals surface area (Å²) in [5.74, 6) is 2.54. The molecule has 3 N–H and O–H groups in total. The first kappa shape index (κ1) is 17.4. The van der Waals surface area contributed by atoms with Crippen LogP contribution in [0.25, 0.3) is 0 Å². The van der Waals surface area contributed by atoms with Crippen molar-refractivity contribution in [1.82, 2.24) is 0 Å². The third-order valence-corrected chi connectivity index (χ3v) is 4.77. The van der Waals surface area contributed by atoms with E-state index in [4.69, 9.17) is 15.2 Å². The number of guanidine groups is 1. The molecular formula is C18H29N3O2. The predicted octanol–water partition coefficient (Wildman–Crippen LogP) is 3.65. The summed E-state index contributed by atoms with van der Waals surface area (Å²) < 4.78 is 10.5. The molecule has 23 heavy (non-hydrogen) atoms. The van der Waals surface area contributed by atoms with Crippen molar-refractivity contribution < 1.29 is 9.47 Å². The molecular weight excluding hydrogens is 290 g/mol. The van der Waals surface area contributed by atoms with Crippen molar-refractivity contribution in [2.75, 3.05) is 26.1 Å². The van der Waals surface area contributed by atoms with Gasteiger partial charge in [-0.2, -0.15) is 0 Å². The Kier molecular flexibility index (Phi) is 5.74. The second kappa shape index (κ2) is 7.57. The highest BCUT2D eigenvalue weighted by Crippen LogP contribution is 2.39. The zero-order chi connectivity index (χ0) is 16.9. The molecule has 128 valence electrons. The smallest absolute Gasteiger partial charge is 0.193 e. The Balaban J connectivity index is 1.99. The minimum absolute atomic E-state index is 0.195. The van der Waals surface area contributed by atoms with E-state index in [0.29, 0.717) is 17.5 Å². The maximum atomic E-state index is 6.04. The molecule has 1 aliphatic carbocycles. The van der Waals surface area contributed by atoms with E-state index in [2.05, 4.69) is 24.2 Å². The molecule has 1 saturated carbocycles. The van der Waals surface area contributed by atoms with Crippen LogP contribution >= 0.6 is 0 Å². The fourth-order valence-corrected chi connectivity index (χ4v) is 3.23. The maximum absolute atomic E-state index is 6.04. The van der Waals surface area contributed by atoms with Crippen LogP contribution in [0, 0.1) is 11.3 Å². The van der Waals surface area contributed by atoms with E-state index in [-0.39, 0.29) is 5.41 Å². The predicted molar refractivity (Wildman–Crippen MR) is 95.4 cm³/mol. The van der Waals surface area contributed by atoms with Gasteiger partial charge in [-0.25, -0.2) is 0 Å². The summed E-state index contributed by atoms with van der Waals surface area (Å²) in [4.78, 5) is 4.55. The average molecular weight is 319 g/mol. The average Bonchev–Trinajstić information content (AvgIpc) is 3.08. The number of benzene rings is 1. The Morgan fingerprint density at radius 1 is 1.22 bits per heavy atom. The number of nitrogens with one attached hydrogen (secondary N) is 1. The highest BCUT2D eigenvalue weighted by Gasteiger charge is 2.31. The fraction of sp³-hybridized carbons (Fsp3) is 0.611. The summed E-state index contributed by atoms with van der Waals surface area (Å²) in [6, 6.07) is 5.59. The molecule has 2 rings (SSSR count). The lowest BCUT2D eigenvalue weighted by molar-refractivity contribution is 0.228. The van der Waals surface area contributed by atoms with Gasteiger partial charge in [-0.1, -0.05) is 26.7 Å². The van der Waals surface area contributed by atoms with Gasteiger partial charge in [-0.05, 0) is 36.3 Å². The van der Waals surface area contributed by atoms with Gasteiger partial charge in [0.15, 0.2) is 17.5 Å². The van der Waals surface area contributed by atoms with Crippen LogP contribution < -0.4 is 20.5 Å². The van der Waals surface area contributed by atoms with Crippen LogP contribution in [0.4, 0.5) is 5.69 Å². The van der Waals surface area contributed by atoms with Gasteiger partial charge in [0.2, 0.25) is 0 Å². The summed E-state index contributed by atoms with van der Waals surface area (Å²) in [7, 11) is 3.23. The van der Waals surface area contributed by atoms with E-state index in [1.807, 2.05) is 18.2 Å². The van der Waals surface area contributed by atoms with E-state index in [9.17, 15) is 0 Å². The number of anilines is 1. The third-order valence-electron chi connectivity index (χ3n) is 4.77. The van der Waals surface area contributed by atoms with Gasteiger partial charge in [0.05, 0.1) is 14.2 Å². The Labute approximate surface area is 139 Å². The zero-order valence-electron chi connectivity index (χ0n) is 14.7. The number of rotatable bonds is 6. The SMILES string of the molecule is COc1ccc(NC(N)=NCC(C)(C)C2CCCC2)cc1OC. The standard InChI is InChI=1S/C18H29N3O2/c1-18(2,13-7-5-6-8-13)12-20-17(19)21-14-9-10-15(22-3)16(11-14)23-4/h9-11,13H,5-8,12H2,1-4H3,(H3,19,20,21). The highest BCUT2D eigenvalue weighted by atomic mass is 16.5. The van der Waals surface area contributed by atoms with Gasteiger partial charge in [-0.3, -0.25) is 4.99 Å². The number of hydrogen-bond donors (Lipinski definition) is 2. The molecule has 0 amide bonds. The summed E-state index contributed by atoms with van der Waals surface area (Å²) in [5, 5.41) is 3.12. The van der Waals surface area contributed by atoms with Gasteiger partial charge in [0.25, 0.3) is 0 Å². The molecule has 0 unspecified atom stereocenters. The van der Waals surface area contributed by atoms with Crippen molar-refractivity contribution in [3.63, 3.8) is 0 Å². The Morgan fingerprint density at radius 2 is 1.87 bits per heavy atom. The number of methoxy groups -OCH3 is 2. The van der Waals surface area contributed by atoms with Gasteiger partial charge < -0.3 is 20.5 Å². The second-order valence-electron chi connectivity index (χ2n) is 6.87. The van der Waals surface area contributed by atoms with E-state index >= 15 is 0 Å². The summed E-state index contributed by atoms with van der Waals surface area (Å²) >= 11 is 0. The molecule has 0 spiro atoms. The number of aliphatic imine (C=N–C) groups is 1. The van der Waals surface area contributed by atoms with E-state index in [0.717, 1.165) is 18.2 Å². The van der Waals surface area contributed by atoms with Crippen LogP contribution in [0.1, 0.15) is 39.5 Å². The van der Waals surface area contributed by atoms with Crippen molar-refractivity contribution in [3.8, 4) is 11.5 Å². The molecule has 1 aromatic carbocycles. The summed E-state index contributed by atoms with van der Waals surface area (Å²) in [6.45, 7) is 5.32. The molecule has 0 aliphatic heterocycles. The first-order valence-corrected chi connectivity index (χ1v) is 8.25. The molecule has 1 fully saturated rings. The quantitative estimate of drug-likeness (QED) is 0.620. The highest BCUT2D eigenvalue weighted by molar-refractivity contribution is 5.92. The maximum Gasteiger partial charge on any atom is 0.193 e. The van der Waals surface area contributed by atoms with Crippen molar-refractivity contribution >= 4 is 11.6 Å². The first-order valence-electron chi connectivity index (χ1n) is 8.25. The fourth-order valence-electron chi connectivity index (χ4n) is 3.23. The topological polar surface area (TPSA) is 68.9 Å². The lowest BCUT2D eigenvalue weighted by Crippen LogP contribution is -2.29. The van der Waals surface area contributed by atoms with Crippen molar-refractivity contribution in [1.29, 1.82) is 0 Å². The number of nitrogens with two attached hydrogens (primary N) is 1.